The Bertz CT molecular complexity index is 883. The maximum absolute atomic E-state index is 13.0. The standard InChI is InChI=1S/C23H29N3O2/c1-5-21(27)26-12-10-18(11-13-26)22-20(9-7-17(4)24-22)23(28)25-19-8-6-15(2)16(3)14-19/h6-9,14,18H,5,10-13H2,1-4H3,(H,25,28). The molecule has 1 aliphatic heterocycles. The number of aryl methyl sites for hydroxylation is 3. The monoisotopic (exact) mass is 379 g/mol. The molecule has 1 aromatic carbocycles. The van der Waals surface area contributed by atoms with Crippen LogP contribution >= 0.6 is 0 Å². The Morgan fingerprint density at radius 3 is 2.43 bits per heavy atom. The quantitative estimate of drug-likeness (QED) is 0.858. The predicted octanol–water partition coefficient (Wildman–Crippen LogP) is 4.38. The molecule has 0 aliphatic carbocycles. The molecule has 0 radical (unpaired) electrons. The summed E-state index contributed by atoms with van der Waals surface area (Å²) in [6.45, 7) is 9.39. The zero-order valence-electron chi connectivity index (χ0n) is 17.2. The molecule has 2 aromatic rings. The van der Waals surface area contributed by atoms with Crippen LogP contribution in [0.15, 0.2) is 30.3 Å². The summed E-state index contributed by atoms with van der Waals surface area (Å²) in [7, 11) is 0. The number of piperidine rings is 1. The third-order valence-corrected chi connectivity index (χ3v) is 5.61. The minimum atomic E-state index is -0.127. The van der Waals surface area contributed by atoms with Gasteiger partial charge in [0.15, 0.2) is 0 Å². The van der Waals surface area contributed by atoms with E-state index < -0.39 is 0 Å². The first-order valence-electron chi connectivity index (χ1n) is 10.0. The normalized spacial score (nSPS) is 14.8. The molecular formula is C23H29N3O2. The number of carbonyl (C=O) groups is 2. The second kappa shape index (κ2) is 8.55. The van der Waals surface area contributed by atoms with E-state index in [4.69, 9.17) is 4.98 Å². The van der Waals surface area contributed by atoms with Gasteiger partial charge in [0.2, 0.25) is 5.91 Å². The predicted molar refractivity (Wildman–Crippen MR) is 112 cm³/mol. The molecule has 5 heteroatoms. The number of aromatic nitrogens is 1. The topological polar surface area (TPSA) is 62.3 Å². The van der Waals surface area contributed by atoms with Gasteiger partial charge in [-0.3, -0.25) is 14.6 Å². The minimum absolute atomic E-state index is 0.127. The van der Waals surface area contributed by atoms with Crippen molar-refractivity contribution in [3.63, 3.8) is 0 Å². The van der Waals surface area contributed by atoms with Crippen LogP contribution in [0.5, 0.6) is 0 Å². The molecule has 1 N–H and O–H groups in total. The van der Waals surface area contributed by atoms with Gasteiger partial charge in [0.05, 0.1) is 11.3 Å². The van der Waals surface area contributed by atoms with Gasteiger partial charge in [0.1, 0.15) is 0 Å². The van der Waals surface area contributed by atoms with Gasteiger partial charge in [0.25, 0.3) is 5.91 Å². The maximum atomic E-state index is 13.0. The number of pyridine rings is 1. The smallest absolute Gasteiger partial charge is 0.257 e. The van der Waals surface area contributed by atoms with Gasteiger partial charge in [-0.25, -0.2) is 0 Å². The highest BCUT2D eigenvalue weighted by Gasteiger charge is 2.27. The van der Waals surface area contributed by atoms with E-state index in [-0.39, 0.29) is 17.7 Å². The number of rotatable bonds is 4. The number of carbonyl (C=O) groups excluding carboxylic acids is 2. The third-order valence-electron chi connectivity index (χ3n) is 5.61. The molecule has 1 fully saturated rings. The molecule has 0 bridgehead atoms. The van der Waals surface area contributed by atoms with Gasteiger partial charge in [-0.15, -0.1) is 0 Å². The molecule has 1 aromatic heterocycles. The van der Waals surface area contributed by atoms with Gasteiger partial charge in [0, 0.05) is 36.8 Å². The lowest BCUT2D eigenvalue weighted by Gasteiger charge is -2.32. The lowest BCUT2D eigenvalue weighted by Crippen LogP contribution is -2.38. The molecule has 0 spiro atoms. The van der Waals surface area contributed by atoms with E-state index in [0.29, 0.717) is 12.0 Å². The van der Waals surface area contributed by atoms with Gasteiger partial charge >= 0.3 is 0 Å². The molecule has 148 valence electrons. The highest BCUT2D eigenvalue weighted by Crippen LogP contribution is 2.30. The van der Waals surface area contributed by atoms with Crippen molar-refractivity contribution in [1.82, 2.24) is 9.88 Å². The Kier molecular flexibility index (Phi) is 6.12. The third kappa shape index (κ3) is 4.41. The number of amides is 2. The summed E-state index contributed by atoms with van der Waals surface area (Å²) >= 11 is 0. The summed E-state index contributed by atoms with van der Waals surface area (Å²) in [4.78, 5) is 31.6. The zero-order chi connectivity index (χ0) is 20.3. The number of hydrogen-bond acceptors (Lipinski definition) is 3. The van der Waals surface area contributed by atoms with Gasteiger partial charge < -0.3 is 10.2 Å². The number of hydrogen-bond donors (Lipinski definition) is 1. The van der Waals surface area contributed by atoms with E-state index in [0.717, 1.165) is 48.6 Å². The number of benzene rings is 1. The lowest BCUT2D eigenvalue weighted by atomic mass is 9.89. The summed E-state index contributed by atoms with van der Waals surface area (Å²) in [6, 6.07) is 9.69. The molecule has 0 saturated carbocycles. The van der Waals surface area contributed by atoms with E-state index in [9.17, 15) is 9.59 Å². The summed E-state index contributed by atoms with van der Waals surface area (Å²) in [6.07, 6.45) is 2.22. The van der Waals surface area contributed by atoms with E-state index in [1.807, 2.05) is 56.0 Å². The number of nitrogens with one attached hydrogen (secondary N) is 1. The molecule has 0 atom stereocenters. The van der Waals surface area contributed by atoms with Crippen molar-refractivity contribution in [1.29, 1.82) is 0 Å². The van der Waals surface area contributed by atoms with Crippen molar-refractivity contribution in [3.8, 4) is 0 Å². The Balaban J connectivity index is 1.80. The summed E-state index contributed by atoms with van der Waals surface area (Å²) in [5.41, 5.74) is 5.53. The van der Waals surface area contributed by atoms with Crippen molar-refractivity contribution in [2.24, 2.45) is 0 Å². The Hall–Kier alpha value is -2.69. The molecule has 0 unspecified atom stereocenters. The van der Waals surface area contributed by atoms with Crippen LogP contribution in [-0.4, -0.2) is 34.8 Å². The molecule has 2 heterocycles. The molecule has 1 aliphatic rings. The Morgan fingerprint density at radius 2 is 1.79 bits per heavy atom. The SMILES string of the molecule is CCC(=O)N1CCC(c2nc(C)ccc2C(=O)Nc2ccc(C)c(C)c2)CC1. The van der Waals surface area contributed by atoms with E-state index in [1.165, 1.54) is 5.56 Å². The van der Waals surface area contributed by atoms with Crippen molar-refractivity contribution in [2.45, 2.75) is 52.9 Å². The van der Waals surface area contributed by atoms with Crippen molar-refractivity contribution >= 4 is 17.5 Å². The summed E-state index contributed by atoms with van der Waals surface area (Å²) < 4.78 is 0. The first kappa shape index (κ1) is 20.1. The van der Waals surface area contributed by atoms with Crippen molar-refractivity contribution in [3.05, 3.63) is 58.4 Å². The van der Waals surface area contributed by atoms with Gasteiger partial charge in [-0.1, -0.05) is 13.0 Å². The average molecular weight is 380 g/mol. The van der Waals surface area contributed by atoms with E-state index in [2.05, 4.69) is 12.2 Å². The van der Waals surface area contributed by atoms with Crippen LogP contribution < -0.4 is 5.32 Å². The Labute approximate surface area is 167 Å². The fourth-order valence-electron chi connectivity index (χ4n) is 3.72. The molecule has 2 amide bonds. The van der Waals surface area contributed by atoms with E-state index >= 15 is 0 Å². The summed E-state index contributed by atoms with van der Waals surface area (Å²) in [5, 5.41) is 3.02. The highest BCUT2D eigenvalue weighted by atomic mass is 16.2. The number of anilines is 1. The van der Waals surface area contributed by atoms with Crippen molar-refractivity contribution < 1.29 is 9.59 Å². The van der Waals surface area contributed by atoms with Crippen LogP contribution in [0.2, 0.25) is 0 Å². The largest absolute Gasteiger partial charge is 0.343 e. The van der Waals surface area contributed by atoms with E-state index in [1.54, 1.807) is 0 Å². The van der Waals surface area contributed by atoms with Crippen LogP contribution in [0.4, 0.5) is 5.69 Å². The molecule has 5 nitrogen and oxygen atoms in total. The maximum Gasteiger partial charge on any atom is 0.257 e. The van der Waals surface area contributed by atoms with Crippen LogP contribution in [0.1, 0.15) is 65.0 Å². The second-order valence-corrected chi connectivity index (χ2v) is 7.65. The highest BCUT2D eigenvalue weighted by molar-refractivity contribution is 6.05. The average Bonchev–Trinajstić information content (AvgIpc) is 2.70. The Morgan fingerprint density at radius 1 is 1.07 bits per heavy atom. The zero-order valence-corrected chi connectivity index (χ0v) is 17.2. The van der Waals surface area contributed by atoms with Gasteiger partial charge in [-0.2, -0.15) is 0 Å². The molecule has 28 heavy (non-hydrogen) atoms. The molecule has 3 rings (SSSR count). The van der Waals surface area contributed by atoms with Crippen LogP contribution in [0.25, 0.3) is 0 Å². The van der Waals surface area contributed by atoms with Crippen LogP contribution in [0, 0.1) is 20.8 Å². The molecular weight excluding hydrogens is 350 g/mol. The van der Waals surface area contributed by atoms with Crippen LogP contribution in [0.3, 0.4) is 0 Å². The fraction of sp³-hybridized carbons (Fsp3) is 0.435. The number of likely N-dealkylation sites (tertiary alicyclic amines) is 1. The fourth-order valence-corrected chi connectivity index (χ4v) is 3.72. The summed E-state index contributed by atoms with van der Waals surface area (Å²) in [5.74, 6) is 0.266. The van der Waals surface area contributed by atoms with Crippen LogP contribution in [-0.2, 0) is 4.79 Å². The lowest BCUT2D eigenvalue weighted by molar-refractivity contribution is -0.131. The first-order chi connectivity index (χ1) is 13.4. The molecule has 1 saturated heterocycles. The minimum Gasteiger partial charge on any atom is -0.343 e. The first-order valence-corrected chi connectivity index (χ1v) is 10.0. The number of nitrogens with zero attached hydrogens (tertiary/aromatic N) is 2. The van der Waals surface area contributed by atoms with Crippen molar-refractivity contribution in [2.75, 3.05) is 18.4 Å². The van der Waals surface area contributed by atoms with Gasteiger partial charge in [-0.05, 0) is 69.0 Å². The second-order valence-electron chi connectivity index (χ2n) is 7.65.